The van der Waals surface area contributed by atoms with Gasteiger partial charge in [0.25, 0.3) is 5.91 Å². The van der Waals surface area contributed by atoms with Gasteiger partial charge in [-0.05, 0) is 6.07 Å². The molecular weight excluding hydrogens is 212 g/mol. The molecule has 2 N–H and O–H groups in total. The number of primary amides is 1. The fourth-order valence-electron chi connectivity index (χ4n) is 1.83. The van der Waals surface area contributed by atoms with E-state index in [4.69, 9.17) is 5.73 Å². The van der Waals surface area contributed by atoms with Crippen LogP contribution in [-0.4, -0.2) is 5.91 Å². The molecule has 0 bridgehead atoms. The molecule has 1 aromatic carbocycles. The molecular formula is C14H17N2O+. The Labute approximate surface area is 101 Å². The molecule has 0 aliphatic rings. The van der Waals surface area contributed by atoms with E-state index in [0.717, 1.165) is 10.8 Å². The summed E-state index contributed by atoms with van der Waals surface area (Å²) in [6.07, 6.45) is 3.87. The van der Waals surface area contributed by atoms with Gasteiger partial charge in [-0.1, -0.05) is 18.2 Å². The van der Waals surface area contributed by atoms with E-state index in [1.165, 1.54) is 0 Å². The van der Waals surface area contributed by atoms with Gasteiger partial charge in [-0.2, -0.15) is 4.57 Å². The van der Waals surface area contributed by atoms with Gasteiger partial charge in [0.2, 0.25) is 0 Å². The maximum atomic E-state index is 11.5. The van der Waals surface area contributed by atoms with Crippen molar-refractivity contribution in [2.75, 3.05) is 0 Å². The second kappa shape index (κ2) is 3.84. The van der Waals surface area contributed by atoms with E-state index in [1.807, 2.05) is 41.2 Å². The van der Waals surface area contributed by atoms with Crippen LogP contribution in [0.15, 0.2) is 36.7 Å². The number of carbonyl (C=O) groups excluding carboxylic acids is 1. The number of pyridine rings is 1. The first-order chi connectivity index (χ1) is 7.89. The Morgan fingerprint density at radius 1 is 1.18 bits per heavy atom. The van der Waals surface area contributed by atoms with Crippen molar-refractivity contribution in [3.05, 3.63) is 42.2 Å². The van der Waals surface area contributed by atoms with Gasteiger partial charge in [0.05, 0.1) is 0 Å². The van der Waals surface area contributed by atoms with Gasteiger partial charge in [-0.25, -0.2) is 0 Å². The highest BCUT2D eigenvalue weighted by Gasteiger charge is 2.24. The molecule has 0 saturated heterocycles. The molecule has 2 rings (SSSR count). The summed E-state index contributed by atoms with van der Waals surface area (Å²) < 4.78 is 2.02. The molecule has 1 heterocycles. The summed E-state index contributed by atoms with van der Waals surface area (Å²) >= 11 is 0. The van der Waals surface area contributed by atoms with E-state index in [2.05, 4.69) is 20.8 Å². The maximum Gasteiger partial charge on any atom is 0.255 e. The topological polar surface area (TPSA) is 47.0 Å². The largest absolute Gasteiger partial charge is 0.365 e. The molecule has 0 spiro atoms. The fourth-order valence-corrected chi connectivity index (χ4v) is 1.83. The highest BCUT2D eigenvalue weighted by Crippen LogP contribution is 2.17. The van der Waals surface area contributed by atoms with Crippen molar-refractivity contribution in [2.24, 2.45) is 5.73 Å². The minimum Gasteiger partial charge on any atom is -0.365 e. The molecule has 1 amide bonds. The van der Waals surface area contributed by atoms with Crippen molar-refractivity contribution in [3.8, 4) is 0 Å². The zero-order valence-electron chi connectivity index (χ0n) is 10.4. The molecule has 17 heavy (non-hydrogen) atoms. The smallest absolute Gasteiger partial charge is 0.255 e. The summed E-state index contributed by atoms with van der Waals surface area (Å²) in [7, 11) is 0. The van der Waals surface area contributed by atoms with Crippen molar-refractivity contribution in [1.29, 1.82) is 0 Å². The van der Waals surface area contributed by atoms with Crippen LogP contribution < -0.4 is 10.3 Å². The lowest BCUT2D eigenvalue weighted by Gasteiger charge is -2.14. The van der Waals surface area contributed by atoms with Gasteiger partial charge >= 0.3 is 0 Å². The van der Waals surface area contributed by atoms with Crippen LogP contribution in [-0.2, 0) is 5.54 Å². The molecule has 1 aromatic heterocycles. The second-order valence-corrected chi connectivity index (χ2v) is 5.20. The quantitative estimate of drug-likeness (QED) is 0.747. The summed E-state index contributed by atoms with van der Waals surface area (Å²) in [6, 6.07) is 7.78. The molecule has 0 aliphatic heterocycles. The summed E-state index contributed by atoms with van der Waals surface area (Å²) in [4.78, 5) is 11.5. The first kappa shape index (κ1) is 11.6. The normalized spacial score (nSPS) is 11.7. The number of benzene rings is 1. The van der Waals surface area contributed by atoms with Crippen molar-refractivity contribution in [2.45, 2.75) is 26.3 Å². The number of fused-ring (bicyclic) bond motifs is 1. The molecule has 3 heteroatoms. The predicted molar refractivity (Wildman–Crippen MR) is 67.7 cm³/mol. The Kier molecular flexibility index (Phi) is 2.62. The molecule has 0 unspecified atom stereocenters. The Bertz CT molecular complexity index is 582. The summed E-state index contributed by atoms with van der Waals surface area (Å²) in [5.41, 5.74) is 5.93. The van der Waals surface area contributed by atoms with Crippen LogP contribution in [0, 0.1) is 0 Å². The summed E-state index contributed by atoms with van der Waals surface area (Å²) in [5, 5.41) is 1.93. The van der Waals surface area contributed by atoms with E-state index in [9.17, 15) is 4.79 Å². The van der Waals surface area contributed by atoms with Gasteiger partial charge in [-0.15, -0.1) is 0 Å². The molecule has 0 aliphatic carbocycles. The van der Waals surface area contributed by atoms with Crippen LogP contribution in [0.3, 0.4) is 0 Å². The number of nitrogens with two attached hydrogens (primary N) is 1. The SMILES string of the molecule is CC(C)(C)[n+]1cc(C(N)=O)c2ccccc2c1. The van der Waals surface area contributed by atoms with Crippen LogP contribution in [0.5, 0.6) is 0 Å². The lowest BCUT2D eigenvalue weighted by molar-refractivity contribution is -0.753. The van der Waals surface area contributed by atoms with Gasteiger partial charge in [0.1, 0.15) is 5.56 Å². The number of carbonyl (C=O) groups is 1. The number of amides is 1. The van der Waals surface area contributed by atoms with Crippen LogP contribution >= 0.6 is 0 Å². The molecule has 2 aromatic rings. The third-order valence-corrected chi connectivity index (χ3v) is 2.84. The molecule has 0 radical (unpaired) electrons. The van der Waals surface area contributed by atoms with E-state index in [1.54, 1.807) is 0 Å². The number of rotatable bonds is 1. The predicted octanol–water partition coefficient (Wildman–Crippen LogP) is 1.98. The molecule has 0 saturated carbocycles. The lowest BCUT2D eigenvalue weighted by atomic mass is 10.0. The highest BCUT2D eigenvalue weighted by atomic mass is 16.1. The fraction of sp³-hybridized carbons (Fsp3) is 0.286. The van der Waals surface area contributed by atoms with Crippen LogP contribution in [0.2, 0.25) is 0 Å². The minimum atomic E-state index is -0.389. The van der Waals surface area contributed by atoms with Crippen molar-refractivity contribution < 1.29 is 9.36 Å². The average Bonchev–Trinajstić information content (AvgIpc) is 2.26. The van der Waals surface area contributed by atoms with Crippen LogP contribution in [0.4, 0.5) is 0 Å². The monoisotopic (exact) mass is 229 g/mol. The Hall–Kier alpha value is -1.90. The Balaban J connectivity index is 2.81. The molecule has 3 nitrogen and oxygen atoms in total. The Morgan fingerprint density at radius 3 is 2.41 bits per heavy atom. The molecule has 0 atom stereocenters. The first-order valence-electron chi connectivity index (χ1n) is 5.64. The number of hydrogen-bond donors (Lipinski definition) is 1. The third-order valence-electron chi connectivity index (χ3n) is 2.84. The van der Waals surface area contributed by atoms with Gasteiger partial charge in [0, 0.05) is 31.5 Å². The first-order valence-corrected chi connectivity index (χ1v) is 5.64. The van der Waals surface area contributed by atoms with E-state index < -0.39 is 0 Å². The number of nitrogens with zero attached hydrogens (tertiary/aromatic N) is 1. The maximum absolute atomic E-state index is 11.5. The van der Waals surface area contributed by atoms with Gasteiger partial charge < -0.3 is 5.73 Å². The van der Waals surface area contributed by atoms with Crippen LogP contribution in [0.1, 0.15) is 31.1 Å². The lowest BCUT2D eigenvalue weighted by Crippen LogP contribution is -2.50. The van der Waals surface area contributed by atoms with Crippen molar-refractivity contribution in [3.63, 3.8) is 0 Å². The van der Waals surface area contributed by atoms with Gasteiger partial charge in [-0.3, -0.25) is 4.79 Å². The Morgan fingerprint density at radius 2 is 1.82 bits per heavy atom. The van der Waals surface area contributed by atoms with Crippen molar-refractivity contribution in [1.82, 2.24) is 0 Å². The zero-order valence-corrected chi connectivity index (χ0v) is 10.4. The summed E-state index contributed by atoms with van der Waals surface area (Å²) in [6.45, 7) is 6.27. The minimum absolute atomic E-state index is 0.0752. The van der Waals surface area contributed by atoms with E-state index >= 15 is 0 Å². The second-order valence-electron chi connectivity index (χ2n) is 5.20. The molecule has 88 valence electrons. The van der Waals surface area contributed by atoms with E-state index in [-0.39, 0.29) is 11.4 Å². The van der Waals surface area contributed by atoms with Gasteiger partial charge in [0.15, 0.2) is 17.9 Å². The standard InChI is InChI=1S/C14H16N2O/c1-14(2,3)16-8-10-6-4-5-7-11(10)12(9-16)13(15)17/h4-9H,1-3H3,(H-,15,17)/p+1. The zero-order chi connectivity index (χ0) is 12.6. The highest BCUT2D eigenvalue weighted by molar-refractivity contribution is 6.05. The number of hydrogen-bond acceptors (Lipinski definition) is 1. The van der Waals surface area contributed by atoms with Crippen molar-refractivity contribution >= 4 is 16.7 Å². The summed E-state index contributed by atoms with van der Waals surface area (Å²) in [5.74, 6) is -0.389. The van der Waals surface area contributed by atoms with E-state index in [0.29, 0.717) is 5.56 Å². The third kappa shape index (κ3) is 2.13. The average molecular weight is 229 g/mol. The number of aromatic nitrogens is 1. The van der Waals surface area contributed by atoms with Crippen LogP contribution in [0.25, 0.3) is 10.8 Å². The molecule has 0 fully saturated rings.